The number of amides is 1. The van der Waals surface area contributed by atoms with E-state index in [-0.39, 0.29) is 12.0 Å². The maximum absolute atomic E-state index is 12.7. The van der Waals surface area contributed by atoms with E-state index in [0.717, 1.165) is 50.3 Å². The molecule has 0 aliphatic carbocycles. The summed E-state index contributed by atoms with van der Waals surface area (Å²) in [6.07, 6.45) is 3.39. The van der Waals surface area contributed by atoms with E-state index in [9.17, 15) is 4.79 Å². The molecule has 32 heavy (non-hydrogen) atoms. The number of piperidine rings is 1. The number of carbonyl (C=O) groups is 1. The number of likely N-dealkylation sites (tertiary alicyclic amines) is 1. The fourth-order valence-corrected chi connectivity index (χ4v) is 5.05. The molecule has 2 saturated heterocycles. The number of benzene rings is 1. The topological polar surface area (TPSA) is 80.9 Å². The lowest BCUT2D eigenvalue weighted by Crippen LogP contribution is -2.41. The van der Waals surface area contributed by atoms with E-state index in [0.29, 0.717) is 43.6 Å². The molecule has 1 amide bonds. The van der Waals surface area contributed by atoms with Crippen molar-refractivity contribution in [1.82, 2.24) is 14.8 Å². The standard InChI is InChI=1S/C25H32N4O3/c1-17-14-20-15-18(2-5-23(20)32-17)16-28-8-6-19(7-9-28)22-4-3-21(24(26)27-22)25(30)29-10-12-31-13-11-29/h2-5,15,17,19H,6-14,16H2,1H3,(H2,26,27)/t17-/m0/s1. The molecule has 7 nitrogen and oxygen atoms in total. The summed E-state index contributed by atoms with van der Waals surface area (Å²) in [5.41, 5.74) is 10.4. The molecule has 170 valence electrons. The number of hydrogen-bond acceptors (Lipinski definition) is 6. The van der Waals surface area contributed by atoms with Gasteiger partial charge in [-0.2, -0.15) is 0 Å². The van der Waals surface area contributed by atoms with Gasteiger partial charge in [0, 0.05) is 37.7 Å². The van der Waals surface area contributed by atoms with Crippen LogP contribution in [0.4, 0.5) is 5.82 Å². The number of anilines is 1. The van der Waals surface area contributed by atoms with Gasteiger partial charge in [-0.15, -0.1) is 0 Å². The maximum Gasteiger partial charge on any atom is 0.257 e. The molecule has 1 aromatic heterocycles. The fraction of sp³-hybridized carbons (Fsp3) is 0.520. The van der Waals surface area contributed by atoms with E-state index in [1.165, 1.54) is 11.1 Å². The van der Waals surface area contributed by atoms with Crippen molar-refractivity contribution in [2.75, 3.05) is 45.1 Å². The van der Waals surface area contributed by atoms with Crippen molar-refractivity contribution < 1.29 is 14.3 Å². The Kier molecular flexibility index (Phi) is 6.02. The summed E-state index contributed by atoms with van der Waals surface area (Å²) in [6, 6.07) is 10.5. The van der Waals surface area contributed by atoms with E-state index in [1.807, 2.05) is 12.1 Å². The Morgan fingerprint density at radius 2 is 1.91 bits per heavy atom. The number of carbonyl (C=O) groups excluding carboxylic acids is 1. The molecule has 2 N–H and O–H groups in total. The molecule has 3 aliphatic heterocycles. The van der Waals surface area contributed by atoms with E-state index >= 15 is 0 Å². The van der Waals surface area contributed by atoms with Crippen LogP contribution < -0.4 is 10.5 Å². The SMILES string of the molecule is C[C@H]1Cc2cc(CN3CCC(c4ccc(C(=O)N5CCOCC5)c(N)n4)CC3)ccc2O1. The highest BCUT2D eigenvalue weighted by Gasteiger charge is 2.25. The summed E-state index contributed by atoms with van der Waals surface area (Å²) in [7, 11) is 0. The highest BCUT2D eigenvalue weighted by atomic mass is 16.5. The first-order valence-corrected chi connectivity index (χ1v) is 11.7. The second kappa shape index (κ2) is 9.08. The second-order valence-corrected chi connectivity index (χ2v) is 9.20. The molecule has 5 rings (SSSR count). The van der Waals surface area contributed by atoms with Crippen molar-refractivity contribution >= 4 is 11.7 Å². The van der Waals surface area contributed by atoms with Gasteiger partial charge < -0.3 is 20.1 Å². The van der Waals surface area contributed by atoms with Gasteiger partial charge in [-0.05, 0) is 62.2 Å². The van der Waals surface area contributed by atoms with Gasteiger partial charge in [0.1, 0.15) is 17.7 Å². The predicted octanol–water partition coefficient (Wildman–Crippen LogP) is 2.84. The zero-order valence-electron chi connectivity index (χ0n) is 18.8. The largest absolute Gasteiger partial charge is 0.490 e. The number of fused-ring (bicyclic) bond motifs is 1. The quantitative estimate of drug-likeness (QED) is 0.794. The predicted molar refractivity (Wildman–Crippen MR) is 123 cm³/mol. The Hall–Kier alpha value is -2.64. The number of nitrogen functional groups attached to an aromatic ring is 1. The molecule has 0 radical (unpaired) electrons. The van der Waals surface area contributed by atoms with E-state index in [4.69, 9.17) is 15.2 Å². The van der Waals surface area contributed by atoms with Crippen LogP contribution >= 0.6 is 0 Å². The second-order valence-electron chi connectivity index (χ2n) is 9.20. The summed E-state index contributed by atoms with van der Waals surface area (Å²) in [5, 5.41) is 0. The Bertz CT molecular complexity index is 981. The van der Waals surface area contributed by atoms with E-state index in [2.05, 4.69) is 35.0 Å². The van der Waals surface area contributed by atoms with Crippen molar-refractivity contribution in [2.24, 2.45) is 0 Å². The van der Waals surface area contributed by atoms with Crippen molar-refractivity contribution in [3.63, 3.8) is 0 Å². The summed E-state index contributed by atoms with van der Waals surface area (Å²) in [4.78, 5) is 21.7. The number of nitrogens with two attached hydrogens (primary N) is 1. The number of rotatable bonds is 4. The maximum atomic E-state index is 12.7. The summed E-state index contributed by atoms with van der Waals surface area (Å²) in [6.45, 7) is 7.52. The first-order valence-electron chi connectivity index (χ1n) is 11.7. The molecular weight excluding hydrogens is 404 g/mol. The van der Waals surface area contributed by atoms with Gasteiger partial charge in [0.2, 0.25) is 0 Å². The van der Waals surface area contributed by atoms with Crippen LogP contribution in [0.2, 0.25) is 0 Å². The van der Waals surface area contributed by atoms with Crippen molar-refractivity contribution in [1.29, 1.82) is 0 Å². The Balaban J connectivity index is 1.18. The van der Waals surface area contributed by atoms with Crippen LogP contribution in [0, 0.1) is 0 Å². The lowest BCUT2D eigenvalue weighted by Gasteiger charge is -2.32. The molecule has 0 unspecified atom stereocenters. The van der Waals surface area contributed by atoms with Crippen LogP contribution in [0.15, 0.2) is 30.3 Å². The average molecular weight is 437 g/mol. The third-order valence-corrected chi connectivity index (χ3v) is 6.85. The van der Waals surface area contributed by atoms with Crippen molar-refractivity contribution in [2.45, 2.75) is 44.8 Å². The molecule has 3 aliphatic rings. The monoisotopic (exact) mass is 436 g/mol. The molecule has 1 atom stereocenters. The first-order chi connectivity index (χ1) is 15.6. The minimum Gasteiger partial charge on any atom is -0.490 e. The lowest BCUT2D eigenvalue weighted by molar-refractivity contribution is 0.0303. The zero-order valence-corrected chi connectivity index (χ0v) is 18.8. The normalized spacial score (nSPS) is 21.9. The smallest absolute Gasteiger partial charge is 0.257 e. The highest BCUT2D eigenvalue weighted by molar-refractivity contribution is 5.98. The molecular formula is C25H32N4O3. The molecule has 4 heterocycles. The number of hydrogen-bond donors (Lipinski definition) is 1. The van der Waals surface area contributed by atoms with Gasteiger partial charge in [0.05, 0.1) is 18.8 Å². The molecule has 2 fully saturated rings. The lowest BCUT2D eigenvalue weighted by atomic mass is 9.92. The summed E-state index contributed by atoms with van der Waals surface area (Å²) in [5.74, 6) is 1.72. The van der Waals surface area contributed by atoms with Gasteiger partial charge in [-0.25, -0.2) is 4.98 Å². The van der Waals surface area contributed by atoms with Crippen LogP contribution in [0.25, 0.3) is 0 Å². The Labute approximate surface area is 189 Å². The number of ether oxygens (including phenoxy) is 2. The van der Waals surface area contributed by atoms with Crippen molar-refractivity contribution in [3.8, 4) is 5.75 Å². The van der Waals surface area contributed by atoms with Crippen LogP contribution in [0.3, 0.4) is 0 Å². The number of pyridine rings is 1. The highest BCUT2D eigenvalue weighted by Crippen LogP contribution is 2.32. The first kappa shape index (κ1) is 21.2. The number of morpholine rings is 1. The summed E-state index contributed by atoms with van der Waals surface area (Å²) >= 11 is 0. The minimum absolute atomic E-state index is 0.0474. The van der Waals surface area contributed by atoms with E-state index < -0.39 is 0 Å². The molecule has 2 aromatic rings. The van der Waals surface area contributed by atoms with E-state index in [1.54, 1.807) is 4.90 Å². The van der Waals surface area contributed by atoms with Gasteiger partial charge in [0.15, 0.2) is 0 Å². The Morgan fingerprint density at radius 1 is 1.12 bits per heavy atom. The third kappa shape index (κ3) is 4.45. The number of aromatic nitrogens is 1. The van der Waals surface area contributed by atoms with Gasteiger partial charge in [0.25, 0.3) is 5.91 Å². The molecule has 0 saturated carbocycles. The Morgan fingerprint density at radius 3 is 2.66 bits per heavy atom. The van der Waals surface area contributed by atoms with Gasteiger partial charge in [-0.1, -0.05) is 12.1 Å². The molecule has 0 bridgehead atoms. The minimum atomic E-state index is -0.0474. The fourth-order valence-electron chi connectivity index (χ4n) is 5.05. The van der Waals surface area contributed by atoms with Crippen LogP contribution in [-0.4, -0.2) is 66.2 Å². The van der Waals surface area contributed by atoms with Crippen molar-refractivity contribution in [3.05, 3.63) is 52.7 Å². The van der Waals surface area contributed by atoms with Gasteiger partial charge in [-0.3, -0.25) is 9.69 Å². The van der Waals surface area contributed by atoms with Crippen LogP contribution in [-0.2, 0) is 17.7 Å². The molecule has 1 aromatic carbocycles. The summed E-state index contributed by atoms with van der Waals surface area (Å²) < 4.78 is 11.2. The number of nitrogens with zero attached hydrogens (tertiary/aromatic N) is 3. The van der Waals surface area contributed by atoms with Crippen LogP contribution in [0.5, 0.6) is 5.75 Å². The molecule has 7 heteroatoms. The third-order valence-electron chi connectivity index (χ3n) is 6.85. The van der Waals surface area contributed by atoms with Gasteiger partial charge >= 0.3 is 0 Å². The average Bonchev–Trinajstić information content (AvgIpc) is 3.19. The zero-order chi connectivity index (χ0) is 22.1. The van der Waals surface area contributed by atoms with Crippen LogP contribution in [0.1, 0.15) is 52.9 Å². The molecule has 0 spiro atoms.